The first-order chi connectivity index (χ1) is 9.00. The number of rotatable bonds is 1. The van der Waals surface area contributed by atoms with E-state index in [0.717, 1.165) is 23.3 Å². The summed E-state index contributed by atoms with van der Waals surface area (Å²) in [7, 11) is 3.92. The first-order valence-corrected chi connectivity index (χ1v) is 7.73. The molecule has 4 bridgehead atoms. The van der Waals surface area contributed by atoms with Crippen molar-refractivity contribution in [1.29, 1.82) is 0 Å². The summed E-state index contributed by atoms with van der Waals surface area (Å²) in [4.78, 5) is 12.7. The SMILES string of the molecule is Cc1c(C23CC4CC(CC(C4)C2)C3)c(=O)n(C)n1C. The molecule has 4 aliphatic rings. The summed E-state index contributed by atoms with van der Waals surface area (Å²) in [5.41, 5.74) is 2.86. The third-order valence-corrected chi connectivity index (χ3v) is 6.37. The van der Waals surface area contributed by atoms with E-state index in [4.69, 9.17) is 0 Å². The van der Waals surface area contributed by atoms with Crippen LogP contribution in [0.25, 0.3) is 0 Å². The molecule has 5 rings (SSSR count). The van der Waals surface area contributed by atoms with Crippen molar-refractivity contribution in [2.24, 2.45) is 31.8 Å². The van der Waals surface area contributed by atoms with Gasteiger partial charge in [-0.05, 0) is 63.2 Å². The summed E-state index contributed by atoms with van der Waals surface area (Å²) in [6.45, 7) is 2.13. The molecule has 19 heavy (non-hydrogen) atoms. The van der Waals surface area contributed by atoms with E-state index >= 15 is 0 Å². The quantitative estimate of drug-likeness (QED) is 0.762. The van der Waals surface area contributed by atoms with Crippen LogP contribution >= 0.6 is 0 Å². The molecule has 0 atom stereocenters. The van der Waals surface area contributed by atoms with E-state index < -0.39 is 0 Å². The monoisotopic (exact) mass is 260 g/mol. The van der Waals surface area contributed by atoms with Crippen molar-refractivity contribution < 1.29 is 0 Å². The minimum Gasteiger partial charge on any atom is -0.290 e. The van der Waals surface area contributed by atoms with Gasteiger partial charge in [-0.3, -0.25) is 14.2 Å². The average Bonchev–Trinajstić information content (AvgIpc) is 2.52. The Bertz CT molecular complexity index is 557. The van der Waals surface area contributed by atoms with Crippen LogP contribution in [-0.4, -0.2) is 9.36 Å². The van der Waals surface area contributed by atoms with Crippen LogP contribution in [0.5, 0.6) is 0 Å². The first kappa shape index (κ1) is 11.8. The van der Waals surface area contributed by atoms with Crippen LogP contribution in [0.1, 0.15) is 49.8 Å². The Balaban J connectivity index is 1.89. The van der Waals surface area contributed by atoms with Crippen molar-refractivity contribution in [2.45, 2.75) is 50.9 Å². The van der Waals surface area contributed by atoms with Gasteiger partial charge < -0.3 is 0 Å². The molecule has 1 aromatic heterocycles. The predicted octanol–water partition coefficient (Wildman–Crippen LogP) is 2.50. The molecule has 3 nitrogen and oxygen atoms in total. The summed E-state index contributed by atoms with van der Waals surface area (Å²) in [5, 5.41) is 0. The van der Waals surface area contributed by atoms with Crippen molar-refractivity contribution in [2.75, 3.05) is 0 Å². The third-order valence-electron chi connectivity index (χ3n) is 6.37. The predicted molar refractivity (Wildman–Crippen MR) is 75.2 cm³/mol. The topological polar surface area (TPSA) is 26.9 Å². The van der Waals surface area contributed by atoms with E-state index in [1.54, 1.807) is 4.68 Å². The Morgan fingerprint density at radius 1 is 0.947 bits per heavy atom. The molecule has 4 fully saturated rings. The lowest BCUT2D eigenvalue weighted by atomic mass is 9.48. The zero-order chi connectivity index (χ0) is 13.4. The highest BCUT2D eigenvalue weighted by atomic mass is 16.1. The fraction of sp³-hybridized carbons (Fsp3) is 0.812. The second kappa shape index (κ2) is 3.56. The Kier molecular flexibility index (Phi) is 2.21. The summed E-state index contributed by atoms with van der Waals surface area (Å²) in [5.74, 6) is 2.70. The molecule has 4 aliphatic carbocycles. The molecule has 4 saturated carbocycles. The van der Waals surface area contributed by atoms with Crippen molar-refractivity contribution in [3.8, 4) is 0 Å². The van der Waals surface area contributed by atoms with Crippen LogP contribution in [0.4, 0.5) is 0 Å². The minimum atomic E-state index is 0.231. The zero-order valence-corrected chi connectivity index (χ0v) is 12.3. The Labute approximate surface area is 114 Å². The van der Waals surface area contributed by atoms with Crippen molar-refractivity contribution in [3.63, 3.8) is 0 Å². The van der Waals surface area contributed by atoms with Crippen LogP contribution in [0, 0.1) is 24.7 Å². The molecule has 0 aliphatic heterocycles. The van der Waals surface area contributed by atoms with Gasteiger partial charge in [0.2, 0.25) is 0 Å². The molecule has 104 valence electrons. The van der Waals surface area contributed by atoms with Gasteiger partial charge in [0, 0.05) is 30.8 Å². The van der Waals surface area contributed by atoms with Crippen molar-refractivity contribution in [3.05, 3.63) is 21.6 Å². The molecule has 3 heteroatoms. The van der Waals surface area contributed by atoms with Gasteiger partial charge >= 0.3 is 0 Å². The van der Waals surface area contributed by atoms with Gasteiger partial charge in [0.05, 0.1) is 0 Å². The summed E-state index contributed by atoms with van der Waals surface area (Å²) >= 11 is 0. The van der Waals surface area contributed by atoms with Crippen LogP contribution in [0.15, 0.2) is 4.79 Å². The Morgan fingerprint density at radius 2 is 1.42 bits per heavy atom. The Hall–Kier alpha value is -0.990. The van der Waals surface area contributed by atoms with Crippen LogP contribution in [-0.2, 0) is 19.5 Å². The van der Waals surface area contributed by atoms with E-state index in [1.165, 1.54) is 44.2 Å². The average molecular weight is 260 g/mol. The first-order valence-electron chi connectivity index (χ1n) is 7.73. The molecule has 1 aromatic rings. The van der Waals surface area contributed by atoms with Gasteiger partial charge in [0.25, 0.3) is 5.56 Å². The molecule has 0 amide bonds. The maximum atomic E-state index is 12.7. The third kappa shape index (κ3) is 1.42. The fourth-order valence-electron chi connectivity index (χ4n) is 5.87. The van der Waals surface area contributed by atoms with Gasteiger partial charge in [-0.25, -0.2) is 0 Å². The second-order valence-electron chi connectivity index (χ2n) is 7.51. The maximum Gasteiger partial charge on any atom is 0.270 e. The second-order valence-corrected chi connectivity index (χ2v) is 7.51. The highest BCUT2D eigenvalue weighted by Crippen LogP contribution is 2.60. The van der Waals surface area contributed by atoms with Gasteiger partial charge in [0.15, 0.2) is 0 Å². The lowest BCUT2D eigenvalue weighted by molar-refractivity contribution is -0.00600. The molecule has 0 aromatic carbocycles. The lowest BCUT2D eigenvalue weighted by Crippen LogP contribution is -2.50. The van der Waals surface area contributed by atoms with E-state index in [9.17, 15) is 4.79 Å². The number of hydrogen-bond donors (Lipinski definition) is 0. The minimum absolute atomic E-state index is 0.231. The molecule has 0 radical (unpaired) electrons. The molecular weight excluding hydrogens is 236 g/mol. The molecule has 0 spiro atoms. The summed E-state index contributed by atoms with van der Waals surface area (Å²) < 4.78 is 3.83. The standard InChI is InChI=1S/C16H24N2O/c1-10-14(15(19)18(3)17(10)2)16-7-11-4-12(8-16)6-13(5-11)9-16/h11-13H,4-9H2,1-3H3. The fourth-order valence-corrected chi connectivity index (χ4v) is 5.87. The highest BCUT2D eigenvalue weighted by molar-refractivity contribution is 5.31. The van der Waals surface area contributed by atoms with Crippen LogP contribution < -0.4 is 5.56 Å². The lowest BCUT2D eigenvalue weighted by Gasteiger charge is -2.56. The van der Waals surface area contributed by atoms with E-state index in [0.29, 0.717) is 0 Å². The van der Waals surface area contributed by atoms with Crippen molar-refractivity contribution in [1.82, 2.24) is 9.36 Å². The largest absolute Gasteiger partial charge is 0.290 e. The molecule has 1 heterocycles. The number of aromatic nitrogens is 2. The van der Waals surface area contributed by atoms with E-state index in [1.807, 2.05) is 18.8 Å². The number of nitrogens with zero attached hydrogens (tertiary/aromatic N) is 2. The maximum absolute atomic E-state index is 12.7. The Morgan fingerprint density at radius 3 is 1.79 bits per heavy atom. The van der Waals surface area contributed by atoms with E-state index in [-0.39, 0.29) is 11.0 Å². The van der Waals surface area contributed by atoms with Gasteiger partial charge in [-0.15, -0.1) is 0 Å². The number of hydrogen-bond acceptors (Lipinski definition) is 1. The summed E-state index contributed by atoms with van der Waals surface area (Å²) in [6, 6.07) is 0. The smallest absolute Gasteiger partial charge is 0.270 e. The molecular formula is C16H24N2O. The van der Waals surface area contributed by atoms with Crippen LogP contribution in [0.3, 0.4) is 0 Å². The van der Waals surface area contributed by atoms with Gasteiger partial charge in [-0.2, -0.15) is 0 Å². The normalized spacial score (nSPS) is 40.1. The molecule has 0 unspecified atom stereocenters. The van der Waals surface area contributed by atoms with Gasteiger partial charge in [-0.1, -0.05) is 0 Å². The molecule has 0 N–H and O–H groups in total. The van der Waals surface area contributed by atoms with Gasteiger partial charge in [0.1, 0.15) is 0 Å². The highest BCUT2D eigenvalue weighted by Gasteiger charge is 2.53. The molecule has 0 saturated heterocycles. The van der Waals surface area contributed by atoms with E-state index in [2.05, 4.69) is 6.92 Å². The van der Waals surface area contributed by atoms with Crippen LogP contribution in [0.2, 0.25) is 0 Å². The zero-order valence-electron chi connectivity index (χ0n) is 12.3. The summed E-state index contributed by atoms with van der Waals surface area (Å²) in [6.07, 6.45) is 8.14. The van der Waals surface area contributed by atoms with Crippen molar-refractivity contribution >= 4 is 0 Å².